The molecule has 0 radical (unpaired) electrons. The summed E-state index contributed by atoms with van der Waals surface area (Å²) in [7, 11) is 0. The summed E-state index contributed by atoms with van der Waals surface area (Å²) in [6, 6.07) is 1.93. The maximum atomic E-state index is 12.9. The summed E-state index contributed by atoms with van der Waals surface area (Å²) in [4.78, 5) is 16.8. The molecular formula is C17H15F3N10S. The number of nitrogens with zero attached hydrogens (tertiary/aromatic N) is 9. The van der Waals surface area contributed by atoms with Crippen LogP contribution in [0.15, 0.2) is 26.3 Å². The van der Waals surface area contributed by atoms with Gasteiger partial charge in [0.05, 0.1) is 11.9 Å². The van der Waals surface area contributed by atoms with E-state index in [9.17, 15) is 18.4 Å². The number of hydrazone groups is 1. The molecule has 4 rings (SSSR count). The first-order chi connectivity index (χ1) is 14.5. The maximum absolute atomic E-state index is 12.9. The lowest BCUT2D eigenvalue weighted by molar-refractivity contribution is -0.144. The number of halogens is 3. The molecule has 0 saturated carbocycles. The molecule has 0 fully saturated rings. The molecule has 0 aliphatic carbocycles. The fraction of sp³-hybridized carbons (Fsp3) is 0.412. The molecular weight excluding hydrogens is 433 g/mol. The van der Waals surface area contributed by atoms with Gasteiger partial charge in [0, 0.05) is 16.9 Å². The molecule has 2 aliphatic heterocycles. The second kappa shape index (κ2) is 7.05. The summed E-state index contributed by atoms with van der Waals surface area (Å²) >= 11 is 0.502. The van der Waals surface area contributed by atoms with Crippen LogP contribution in [0.3, 0.4) is 0 Å². The van der Waals surface area contributed by atoms with Crippen molar-refractivity contribution >= 4 is 40.3 Å². The Balaban J connectivity index is 1.73. The van der Waals surface area contributed by atoms with Crippen LogP contribution in [0.25, 0.3) is 5.13 Å². The SMILES string of the molecule is CC1=NC2N=C(C(C)(C)C)C(=NNc3c(C#N)cnn3-c3nc(C(F)(F)F)ns3)C2=N1. The van der Waals surface area contributed by atoms with Gasteiger partial charge < -0.3 is 0 Å². The second-order valence-corrected chi connectivity index (χ2v) is 8.41. The molecule has 2 aliphatic rings. The fourth-order valence-corrected chi connectivity index (χ4v) is 3.59. The Labute approximate surface area is 178 Å². The number of aliphatic imine (C=N–C) groups is 3. The molecule has 1 unspecified atom stereocenters. The number of fused-ring (bicyclic) bond motifs is 1. The van der Waals surface area contributed by atoms with E-state index in [0.717, 1.165) is 4.68 Å². The molecule has 0 bridgehead atoms. The molecule has 1 atom stereocenters. The van der Waals surface area contributed by atoms with E-state index in [1.165, 1.54) is 6.20 Å². The number of hydrogen-bond donors (Lipinski definition) is 1. The Bertz CT molecular complexity index is 1220. The van der Waals surface area contributed by atoms with E-state index in [4.69, 9.17) is 0 Å². The molecule has 1 N–H and O–H groups in total. The van der Waals surface area contributed by atoms with Crippen LogP contribution in [-0.2, 0) is 6.18 Å². The average Bonchev–Trinajstić information content (AvgIpc) is 3.40. The van der Waals surface area contributed by atoms with Gasteiger partial charge in [-0.3, -0.25) is 10.4 Å². The number of rotatable bonds is 3. The number of alkyl halides is 3. The molecule has 0 amide bonds. The molecule has 0 saturated heterocycles. The standard InChI is InChI=1S/C17H15F3N10S/c1-7-23-10-9(11(16(2,3)4)25-12(10)24-7)27-28-13-8(5-21)6-22-30(13)15-26-14(29-31-15)17(18,19)20/h6,12,28H,1-4H3. The van der Waals surface area contributed by atoms with Crippen LogP contribution in [0.2, 0.25) is 0 Å². The van der Waals surface area contributed by atoms with Crippen LogP contribution in [0, 0.1) is 16.7 Å². The van der Waals surface area contributed by atoms with Gasteiger partial charge in [-0.05, 0) is 6.92 Å². The van der Waals surface area contributed by atoms with Crippen molar-refractivity contribution in [3.05, 3.63) is 17.6 Å². The van der Waals surface area contributed by atoms with Gasteiger partial charge in [0.1, 0.15) is 28.9 Å². The van der Waals surface area contributed by atoms with E-state index >= 15 is 0 Å². The van der Waals surface area contributed by atoms with Crippen molar-refractivity contribution in [2.24, 2.45) is 25.5 Å². The largest absolute Gasteiger partial charge is 0.452 e. The molecule has 10 nitrogen and oxygen atoms in total. The van der Waals surface area contributed by atoms with E-state index in [2.05, 4.69) is 40.0 Å². The van der Waals surface area contributed by atoms with Crippen LogP contribution in [0.1, 0.15) is 39.1 Å². The van der Waals surface area contributed by atoms with E-state index in [-0.39, 0.29) is 21.9 Å². The van der Waals surface area contributed by atoms with E-state index in [1.54, 1.807) is 6.92 Å². The molecule has 2 aromatic rings. The lowest BCUT2D eigenvalue weighted by Crippen LogP contribution is -2.31. The zero-order chi connectivity index (χ0) is 22.6. The Morgan fingerprint density at radius 2 is 2.00 bits per heavy atom. The molecule has 4 heterocycles. The average molecular weight is 448 g/mol. The van der Waals surface area contributed by atoms with Crippen LogP contribution in [0.5, 0.6) is 0 Å². The van der Waals surface area contributed by atoms with Crippen molar-refractivity contribution in [3.63, 3.8) is 0 Å². The Hall–Kier alpha value is -3.47. The highest BCUT2D eigenvalue weighted by molar-refractivity contribution is 7.08. The Morgan fingerprint density at radius 3 is 2.61 bits per heavy atom. The second-order valence-electron chi connectivity index (χ2n) is 7.68. The highest BCUT2D eigenvalue weighted by Crippen LogP contribution is 2.30. The quantitative estimate of drug-likeness (QED) is 0.722. The van der Waals surface area contributed by atoms with Gasteiger partial charge in [-0.15, -0.1) is 0 Å². The lowest BCUT2D eigenvalue weighted by atomic mass is 9.87. The zero-order valence-corrected chi connectivity index (χ0v) is 17.5. The van der Waals surface area contributed by atoms with Gasteiger partial charge >= 0.3 is 6.18 Å². The summed E-state index contributed by atoms with van der Waals surface area (Å²) < 4.78 is 43.0. The molecule has 0 aromatic carbocycles. The predicted molar refractivity (Wildman–Crippen MR) is 109 cm³/mol. The van der Waals surface area contributed by atoms with Gasteiger partial charge in [0.2, 0.25) is 11.0 Å². The van der Waals surface area contributed by atoms with Gasteiger partial charge in [-0.25, -0.2) is 9.98 Å². The third-order valence-corrected chi connectivity index (χ3v) is 4.97. The summed E-state index contributed by atoms with van der Waals surface area (Å²) in [5.74, 6) is -0.666. The van der Waals surface area contributed by atoms with Crippen LogP contribution < -0.4 is 5.43 Å². The Morgan fingerprint density at radius 1 is 1.26 bits per heavy atom. The van der Waals surface area contributed by atoms with Crippen molar-refractivity contribution in [1.82, 2.24) is 19.1 Å². The number of hydrogen-bond acceptors (Lipinski definition) is 10. The molecule has 31 heavy (non-hydrogen) atoms. The zero-order valence-electron chi connectivity index (χ0n) is 16.7. The predicted octanol–water partition coefficient (Wildman–Crippen LogP) is 3.08. The monoisotopic (exact) mass is 448 g/mol. The Kier molecular flexibility index (Phi) is 4.73. The van der Waals surface area contributed by atoms with Crippen LogP contribution in [-0.4, -0.2) is 48.3 Å². The third kappa shape index (κ3) is 3.72. The highest BCUT2D eigenvalue weighted by Gasteiger charge is 2.40. The van der Waals surface area contributed by atoms with E-state index in [1.807, 2.05) is 26.8 Å². The van der Waals surface area contributed by atoms with Crippen molar-refractivity contribution in [2.75, 3.05) is 5.43 Å². The fourth-order valence-electron chi connectivity index (χ4n) is 2.94. The molecule has 160 valence electrons. The van der Waals surface area contributed by atoms with Crippen molar-refractivity contribution in [2.45, 2.75) is 40.0 Å². The summed E-state index contributed by atoms with van der Waals surface area (Å²) in [6.07, 6.45) is -3.97. The molecule has 2 aromatic heterocycles. The van der Waals surface area contributed by atoms with Crippen molar-refractivity contribution in [3.8, 4) is 11.2 Å². The van der Waals surface area contributed by atoms with Gasteiger partial charge in [-0.1, -0.05) is 20.8 Å². The van der Waals surface area contributed by atoms with Crippen LogP contribution in [0.4, 0.5) is 19.0 Å². The third-order valence-electron chi connectivity index (χ3n) is 4.28. The van der Waals surface area contributed by atoms with Gasteiger partial charge in [0.15, 0.2) is 12.0 Å². The smallest absolute Gasteiger partial charge is 0.259 e. The minimum Gasteiger partial charge on any atom is -0.259 e. The number of anilines is 1. The number of nitriles is 1. The van der Waals surface area contributed by atoms with Crippen molar-refractivity contribution < 1.29 is 13.2 Å². The molecule has 14 heteroatoms. The summed E-state index contributed by atoms with van der Waals surface area (Å²) in [5.41, 5.74) is 4.14. The normalized spacial score (nSPS) is 19.7. The van der Waals surface area contributed by atoms with E-state index < -0.39 is 18.2 Å². The maximum Gasteiger partial charge on any atom is 0.452 e. The first-order valence-corrected chi connectivity index (χ1v) is 9.71. The number of aromatic nitrogens is 4. The number of nitrogens with one attached hydrogen (secondary N) is 1. The van der Waals surface area contributed by atoms with E-state index in [0.29, 0.717) is 34.5 Å². The van der Waals surface area contributed by atoms with Crippen LogP contribution >= 0.6 is 11.5 Å². The first kappa shape index (κ1) is 20.8. The number of amidine groups is 1. The highest BCUT2D eigenvalue weighted by atomic mass is 32.1. The van der Waals surface area contributed by atoms with Crippen molar-refractivity contribution in [1.29, 1.82) is 5.26 Å². The minimum absolute atomic E-state index is 0.0489. The van der Waals surface area contributed by atoms with Gasteiger partial charge in [0.25, 0.3) is 0 Å². The summed E-state index contributed by atoms with van der Waals surface area (Å²) in [5, 5.41) is 17.6. The minimum atomic E-state index is -4.69. The first-order valence-electron chi connectivity index (χ1n) is 8.94. The topological polar surface area (TPSA) is 129 Å². The van der Waals surface area contributed by atoms with Gasteiger partial charge in [-0.2, -0.15) is 42.7 Å². The molecule has 0 spiro atoms. The summed E-state index contributed by atoms with van der Waals surface area (Å²) in [6.45, 7) is 7.64. The lowest BCUT2D eigenvalue weighted by Gasteiger charge is -2.19.